The lowest BCUT2D eigenvalue weighted by Crippen LogP contribution is -2.19. The lowest BCUT2D eigenvalue weighted by Gasteiger charge is -2.12. The molecule has 0 saturated carbocycles. The first kappa shape index (κ1) is 18.1. The van der Waals surface area contributed by atoms with Crippen LogP contribution in [0.3, 0.4) is 0 Å². The van der Waals surface area contributed by atoms with E-state index in [0.717, 1.165) is 54.7 Å². The second kappa shape index (κ2) is 10.6. The highest BCUT2D eigenvalue weighted by molar-refractivity contribution is 6.30. The lowest BCUT2D eigenvalue weighted by atomic mass is 10.2. The van der Waals surface area contributed by atoms with Gasteiger partial charge in [0.25, 0.3) is 0 Å². The van der Waals surface area contributed by atoms with Gasteiger partial charge < -0.3 is 15.4 Å². The van der Waals surface area contributed by atoms with Crippen molar-refractivity contribution in [1.29, 1.82) is 0 Å². The number of ether oxygens (including phenoxy) is 1. The van der Waals surface area contributed by atoms with Crippen LogP contribution in [0.4, 0.5) is 5.69 Å². The molecule has 4 nitrogen and oxygen atoms in total. The van der Waals surface area contributed by atoms with Gasteiger partial charge in [-0.1, -0.05) is 31.0 Å². The van der Waals surface area contributed by atoms with Gasteiger partial charge in [-0.2, -0.15) is 0 Å². The van der Waals surface area contributed by atoms with Crippen LogP contribution in [0.5, 0.6) is 5.75 Å². The summed E-state index contributed by atoms with van der Waals surface area (Å²) in [5.41, 5.74) is 0.988. The van der Waals surface area contributed by atoms with Gasteiger partial charge in [0.1, 0.15) is 5.75 Å². The molecule has 1 heterocycles. The van der Waals surface area contributed by atoms with E-state index < -0.39 is 0 Å². The zero-order valence-electron chi connectivity index (χ0n) is 13.8. The summed E-state index contributed by atoms with van der Waals surface area (Å²) in [5.74, 6) is 1.69. The van der Waals surface area contributed by atoms with Crippen LogP contribution >= 0.6 is 11.6 Å². The van der Waals surface area contributed by atoms with Gasteiger partial charge >= 0.3 is 0 Å². The highest BCUT2D eigenvalue weighted by Gasteiger charge is 1.96. The summed E-state index contributed by atoms with van der Waals surface area (Å²) < 4.78 is 5.67. The van der Waals surface area contributed by atoms with Crippen LogP contribution in [0, 0.1) is 0 Å². The highest BCUT2D eigenvalue weighted by Crippen LogP contribution is 2.15. The minimum atomic E-state index is 0.731. The molecule has 1 aromatic carbocycles. The van der Waals surface area contributed by atoms with Crippen molar-refractivity contribution in [2.45, 2.75) is 25.7 Å². The molecule has 5 heteroatoms. The number of rotatable bonds is 11. The Morgan fingerprint density at radius 1 is 1.00 bits per heavy atom. The maximum absolute atomic E-state index is 5.84. The van der Waals surface area contributed by atoms with Crippen LogP contribution < -0.4 is 15.4 Å². The third kappa shape index (κ3) is 7.38. The quantitative estimate of drug-likeness (QED) is 0.572. The van der Waals surface area contributed by atoms with Crippen LogP contribution in [-0.4, -0.2) is 18.1 Å². The molecule has 0 radical (unpaired) electrons. The molecule has 128 valence electrons. The Hall–Kier alpha value is -2.20. The Bertz CT molecular complexity index is 602. The van der Waals surface area contributed by atoms with E-state index in [2.05, 4.69) is 22.2 Å². The topological polar surface area (TPSA) is 46.2 Å². The van der Waals surface area contributed by atoms with Gasteiger partial charge in [0.05, 0.1) is 12.4 Å². The van der Waals surface area contributed by atoms with Crippen LogP contribution in [0.2, 0.25) is 5.02 Å². The Morgan fingerprint density at radius 3 is 2.46 bits per heavy atom. The summed E-state index contributed by atoms with van der Waals surface area (Å²) in [6, 6.07) is 11.3. The predicted octanol–water partition coefficient (Wildman–Crippen LogP) is 4.85. The molecule has 0 bridgehead atoms. The van der Waals surface area contributed by atoms with Crippen molar-refractivity contribution in [3.8, 4) is 5.75 Å². The molecule has 0 aliphatic heterocycles. The first-order valence-corrected chi connectivity index (χ1v) is 8.60. The maximum atomic E-state index is 5.84. The average molecular weight is 346 g/mol. The molecular formula is C19H24ClN3O. The number of anilines is 1. The van der Waals surface area contributed by atoms with Crippen molar-refractivity contribution in [1.82, 2.24) is 10.3 Å². The van der Waals surface area contributed by atoms with E-state index in [1.54, 1.807) is 12.4 Å². The van der Waals surface area contributed by atoms with E-state index in [4.69, 9.17) is 16.3 Å². The van der Waals surface area contributed by atoms with E-state index >= 15 is 0 Å². The molecule has 0 spiro atoms. The molecule has 2 rings (SSSR count). The van der Waals surface area contributed by atoms with Gasteiger partial charge in [-0.15, -0.1) is 0 Å². The van der Waals surface area contributed by atoms with Crippen molar-refractivity contribution in [3.05, 3.63) is 66.2 Å². The number of nitrogens with zero attached hydrogens (tertiary/aromatic N) is 1. The largest absolute Gasteiger partial charge is 0.494 e. The standard InChI is InChI=1S/C19H24ClN3O/c1-16(23-18-10-13-21-14-11-18)22-12-4-2-3-5-15-24-19-8-6-17(20)7-9-19/h6-11,13-14,22H,1-5,12,15H2,(H,21,23). The summed E-state index contributed by atoms with van der Waals surface area (Å²) in [5, 5.41) is 7.21. The summed E-state index contributed by atoms with van der Waals surface area (Å²) in [6.45, 7) is 5.62. The van der Waals surface area contributed by atoms with E-state index in [0.29, 0.717) is 0 Å². The first-order valence-electron chi connectivity index (χ1n) is 8.22. The summed E-state index contributed by atoms with van der Waals surface area (Å²) in [7, 11) is 0. The minimum Gasteiger partial charge on any atom is -0.494 e. The monoisotopic (exact) mass is 345 g/mol. The smallest absolute Gasteiger partial charge is 0.119 e. The SMILES string of the molecule is C=C(NCCCCCCOc1ccc(Cl)cc1)Nc1ccncc1. The summed E-state index contributed by atoms with van der Waals surface area (Å²) in [4.78, 5) is 3.98. The van der Waals surface area contributed by atoms with Gasteiger partial charge in [-0.25, -0.2) is 0 Å². The van der Waals surface area contributed by atoms with Gasteiger partial charge in [-0.05, 0) is 49.2 Å². The second-order valence-electron chi connectivity index (χ2n) is 5.48. The van der Waals surface area contributed by atoms with E-state index in [1.807, 2.05) is 36.4 Å². The van der Waals surface area contributed by atoms with Gasteiger partial charge in [0.15, 0.2) is 0 Å². The Labute approximate surface area is 148 Å². The van der Waals surface area contributed by atoms with E-state index in [9.17, 15) is 0 Å². The van der Waals surface area contributed by atoms with E-state index in [1.165, 1.54) is 6.42 Å². The molecule has 0 aliphatic rings. The fraction of sp³-hybridized carbons (Fsp3) is 0.316. The second-order valence-corrected chi connectivity index (χ2v) is 5.92. The number of aromatic nitrogens is 1. The van der Waals surface area contributed by atoms with Crippen LogP contribution in [0.25, 0.3) is 0 Å². The number of nitrogens with one attached hydrogen (secondary N) is 2. The zero-order chi connectivity index (χ0) is 17.0. The number of pyridine rings is 1. The van der Waals surface area contributed by atoms with Crippen molar-refractivity contribution >= 4 is 17.3 Å². The fourth-order valence-corrected chi connectivity index (χ4v) is 2.32. The summed E-state index contributed by atoms with van der Waals surface area (Å²) >= 11 is 5.84. The fourth-order valence-electron chi connectivity index (χ4n) is 2.19. The molecule has 0 atom stereocenters. The molecule has 0 fully saturated rings. The van der Waals surface area contributed by atoms with E-state index in [-0.39, 0.29) is 0 Å². The number of benzene rings is 1. The van der Waals surface area contributed by atoms with Gasteiger partial charge in [-0.3, -0.25) is 4.98 Å². The van der Waals surface area contributed by atoms with Gasteiger partial charge in [0, 0.05) is 29.6 Å². The van der Waals surface area contributed by atoms with Gasteiger partial charge in [0.2, 0.25) is 0 Å². The zero-order valence-corrected chi connectivity index (χ0v) is 14.6. The van der Waals surface area contributed by atoms with Crippen molar-refractivity contribution < 1.29 is 4.74 Å². The molecule has 0 aliphatic carbocycles. The predicted molar refractivity (Wildman–Crippen MR) is 100 cm³/mol. The minimum absolute atomic E-state index is 0.731. The number of halogens is 1. The average Bonchev–Trinajstić information content (AvgIpc) is 2.60. The third-order valence-corrected chi connectivity index (χ3v) is 3.72. The molecule has 2 N–H and O–H groups in total. The molecular weight excluding hydrogens is 322 g/mol. The Balaban J connectivity index is 1.45. The third-order valence-electron chi connectivity index (χ3n) is 3.47. The van der Waals surface area contributed by atoms with Crippen molar-refractivity contribution in [2.75, 3.05) is 18.5 Å². The lowest BCUT2D eigenvalue weighted by molar-refractivity contribution is 0.304. The van der Waals surface area contributed by atoms with Crippen LogP contribution in [0.15, 0.2) is 61.2 Å². The normalized spacial score (nSPS) is 10.2. The number of hydrogen-bond acceptors (Lipinski definition) is 4. The first-order chi connectivity index (χ1) is 11.7. The van der Waals surface area contributed by atoms with Crippen molar-refractivity contribution in [3.63, 3.8) is 0 Å². The Kier molecular flexibility index (Phi) is 7.98. The number of hydrogen-bond donors (Lipinski definition) is 2. The molecule has 0 saturated heterocycles. The Morgan fingerprint density at radius 2 is 1.71 bits per heavy atom. The van der Waals surface area contributed by atoms with Crippen LogP contribution in [-0.2, 0) is 0 Å². The maximum Gasteiger partial charge on any atom is 0.119 e. The van der Waals surface area contributed by atoms with Crippen molar-refractivity contribution in [2.24, 2.45) is 0 Å². The highest BCUT2D eigenvalue weighted by atomic mass is 35.5. The summed E-state index contributed by atoms with van der Waals surface area (Å²) in [6.07, 6.45) is 7.99. The molecule has 24 heavy (non-hydrogen) atoms. The van der Waals surface area contributed by atoms with Crippen LogP contribution in [0.1, 0.15) is 25.7 Å². The molecule has 1 aromatic heterocycles. The molecule has 0 unspecified atom stereocenters. The molecule has 0 amide bonds. The molecule has 2 aromatic rings. The number of unbranched alkanes of at least 4 members (excludes halogenated alkanes) is 3.